The largest absolute Gasteiger partial charge is 0.317 e. The van der Waals surface area contributed by atoms with Crippen LogP contribution in [0.3, 0.4) is 0 Å². The Bertz CT molecular complexity index is 512. The maximum absolute atomic E-state index is 8.64. The molecule has 0 bridgehead atoms. The lowest BCUT2D eigenvalue weighted by Gasteiger charge is -2.02. The van der Waals surface area contributed by atoms with Crippen molar-refractivity contribution in [1.29, 1.82) is 5.26 Å². The van der Waals surface area contributed by atoms with E-state index in [0.29, 0.717) is 6.54 Å². The van der Waals surface area contributed by atoms with E-state index in [1.807, 2.05) is 6.07 Å². The Kier molecular flexibility index (Phi) is 2.79. The highest BCUT2D eigenvalue weighted by Gasteiger charge is 2.05. The number of imidazole rings is 1. The lowest BCUT2D eigenvalue weighted by atomic mass is 10.3. The molecule has 0 saturated carbocycles. The lowest BCUT2D eigenvalue weighted by Crippen LogP contribution is -1.97. The fraction of sp³-hybridized carbons (Fsp3) is 0.100. The summed E-state index contributed by atoms with van der Waals surface area (Å²) in [6.07, 6.45) is 6.88. The molecule has 15 heavy (non-hydrogen) atoms. The lowest BCUT2D eigenvalue weighted by molar-refractivity contribution is 0.840. The van der Waals surface area contributed by atoms with Gasteiger partial charge in [0.05, 0.1) is 6.07 Å². The molecule has 0 aliphatic carbocycles. The highest BCUT2D eigenvalue weighted by molar-refractivity contribution is 9.10. The van der Waals surface area contributed by atoms with Gasteiger partial charge in [-0.2, -0.15) is 5.26 Å². The van der Waals surface area contributed by atoms with Gasteiger partial charge in [0, 0.05) is 34.8 Å². The first-order valence-electron chi connectivity index (χ1n) is 4.30. The summed E-state index contributed by atoms with van der Waals surface area (Å²) >= 11 is 3.35. The average molecular weight is 263 g/mol. The molecule has 2 aromatic rings. The number of nitrogens with zero attached hydrogens (tertiary/aromatic N) is 4. The molecule has 0 N–H and O–H groups in total. The van der Waals surface area contributed by atoms with Gasteiger partial charge in [0.2, 0.25) is 0 Å². The molecule has 0 spiro atoms. The van der Waals surface area contributed by atoms with Crippen molar-refractivity contribution in [2.24, 2.45) is 0 Å². The minimum Gasteiger partial charge on any atom is -0.317 e. The first kappa shape index (κ1) is 9.87. The number of nitriles is 1. The third kappa shape index (κ3) is 2.05. The van der Waals surface area contributed by atoms with E-state index in [9.17, 15) is 0 Å². The van der Waals surface area contributed by atoms with Crippen LogP contribution in [-0.4, -0.2) is 14.5 Å². The standard InChI is InChI=1S/C10H7BrN4/c11-9-5-8(6-13-7-9)10-14-2-4-15(10)3-1-12/h2,4-7H,3H2. The van der Waals surface area contributed by atoms with Crippen LogP contribution < -0.4 is 0 Å². The van der Waals surface area contributed by atoms with Crippen LogP contribution in [0, 0.1) is 11.3 Å². The van der Waals surface area contributed by atoms with Gasteiger partial charge in [0.25, 0.3) is 0 Å². The molecule has 4 nitrogen and oxygen atoms in total. The van der Waals surface area contributed by atoms with Crippen LogP contribution in [0.1, 0.15) is 0 Å². The van der Waals surface area contributed by atoms with Crippen molar-refractivity contribution >= 4 is 15.9 Å². The molecule has 74 valence electrons. The van der Waals surface area contributed by atoms with Crippen LogP contribution in [-0.2, 0) is 6.54 Å². The summed E-state index contributed by atoms with van der Waals surface area (Å²) in [5, 5.41) is 8.64. The van der Waals surface area contributed by atoms with Crippen molar-refractivity contribution in [3.8, 4) is 17.5 Å². The van der Waals surface area contributed by atoms with Crippen LogP contribution in [0.2, 0.25) is 0 Å². The number of pyridine rings is 1. The Morgan fingerprint density at radius 2 is 2.33 bits per heavy atom. The summed E-state index contributed by atoms with van der Waals surface area (Å²) in [4.78, 5) is 8.26. The van der Waals surface area contributed by atoms with E-state index >= 15 is 0 Å². The van der Waals surface area contributed by atoms with Crippen LogP contribution in [0.15, 0.2) is 35.3 Å². The van der Waals surface area contributed by atoms with Crippen molar-refractivity contribution in [3.05, 3.63) is 35.3 Å². The van der Waals surface area contributed by atoms with Crippen molar-refractivity contribution in [2.45, 2.75) is 6.54 Å². The van der Waals surface area contributed by atoms with E-state index in [1.54, 1.807) is 29.4 Å². The molecule has 2 aromatic heterocycles. The molecule has 0 fully saturated rings. The highest BCUT2D eigenvalue weighted by atomic mass is 79.9. The van der Waals surface area contributed by atoms with Gasteiger partial charge in [0.1, 0.15) is 12.4 Å². The van der Waals surface area contributed by atoms with Gasteiger partial charge in [-0.25, -0.2) is 4.98 Å². The summed E-state index contributed by atoms with van der Waals surface area (Å²) in [7, 11) is 0. The third-order valence-corrected chi connectivity index (χ3v) is 2.35. The van der Waals surface area contributed by atoms with Crippen molar-refractivity contribution in [2.75, 3.05) is 0 Å². The molecular formula is C10H7BrN4. The van der Waals surface area contributed by atoms with E-state index in [-0.39, 0.29) is 0 Å². The molecule has 0 aliphatic heterocycles. The number of hydrogen-bond donors (Lipinski definition) is 0. The van der Waals surface area contributed by atoms with Gasteiger partial charge in [-0.3, -0.25) is 4.98 Å². The molecule has 0 unspecified atom stereocenters. The van der Waals surface area contributed by atoms with E-state index in [1.165, 1.54) is 0 Å². The zero-order valence-electron chi connectivity index (χ0n) is 7.76. The van der Waals surface area contributed by atoms with E-state index in [0.717, 1.165) is 15.9 Å². The van der Waals surface area contributed by atoms with Crippen LogP contribution in [0.5, 0.6) is 0 Å². The second-order valence-corrected chi connectivity index (χ2v) is 3.84. The summed E-state index contributed by atoms with van der Waals surface area (Å²) in [6, 6.07) is 4.01. The van der Waals surface area contributed by atoms with Crippen LogP contribution >= 0.6 is 15.9 Å². The Labute approximate surface area is 95.3 Å². The molecule has 0 aromatic carbocycles. The molecule has 0 amide bonds. The predicted molar refractivity (Wildman–Crippen MR) is 58.8 cm³/mol. The Morgan fingerprint density at radius 3 is 3.07 bits per heavy atom. The smallest absolute Gasteiger partial charge is 0.142 e. The third-order valence-electron chi connectivity index (χ3n) is 1.92. The van der Waals surface area contributed by atoms with Gasteiger partial charge in [-0.1, -0.05) is 0 Å². The van der Waals surface area contributed by atoms with Gasteiger partial charge in [0.15, 0.2) is 0 Å². The van der Waals surface area contributed by atoms with Gasteiger partial charge in [-0.15, -0.1) is 0 Å². The molecule has 2 rings (SSSR count). The molecule has 0 aliphatic rings. The summed E-state index contributed by atoms with van der Waals surface area (Å²) in [6.45, 7) is 0.293. The average Bonchev–Trinajstić information content (AvgIpc) is 2.66. The quantitative estimate of drug-likeness (QED) is 0.834. The molecular weight excluding hydrogens is 256 g/mol. The first-order valence-corrected chi connectivity index (χ1v) is 5.09. The first-order chi connectivity index (χ1) is 7.31. The minimum atomic E-state index is 0.293. The minimum absolute atomic E-state index is 0.293. The fourth-order valence-electron chi connectivity index (χ4n) is 1.31. The van der Waals surface area contributed by atoms with Gasteiger partial charge in [-0.05, 0) is 22.0 Å². The number of hydrogen-bond acceptors (Lipinski definition) is 3. The van der Waals surface area contributed by atoms with Gasteiger partial charge >= 0.3 is 0 Å². The van der Waals surface area contributed by atoms with Crippen molar-refractivity contribution in [3.63, 3.8) is 0 Å². The Balaban J connectivity index is 2.45. The molecule has 0 radical (unpaired) electrons. The summed E-state index contributed by atoms with van der Waals surface area (Å²) in [5.74, 6) is 0.755. The molecule has 0 atom stereocenters. The van der Waals surface area contributed by atoms with E-state index in [2.05, 4.69) is 32.0 Å². The number of halogens is 1. The normalized spacial score (nSPS) is 9.87. The van der Waals surface area contributed by atoms with Crippen molar-refractivity contribution < 1.29 is 0 Å². The van der Waals surface area contributed by atoms with E-state index < -0.39 is 0 Å². The topological polar surface area (TPSA) is 54.5 Å². The van der Waals surface area contributed by atoms with Crippen molar-refractivity contribution in [1.82, 2.24) is 14.5 Å². The predicted octanol–water partition coefficient (Wildman–Crippen LogP) is 2.23. The molecule has 0 saturated heterocycles. The Morgan fingerprint density at radius 1 is 1.47 bits per heavy atom. The monoisotopic (exact) mass is 262 g/mol. The zero-order valence-corrected chi connectivity index (χ0v) is 9.35. The zero-order chi connectivity index (χ0) is 10.7. The number of aromatic nitrogens is 3. The second kappa shape index (κ2) is 4.24. The maximum Gasteiger partial charge on any atom is 0.142 e. The number of rotatable bonds is 2. The molecule has 2 heterocycles. The SMILES string of the molecule is N#CCn1ccnc1-c1cncc(Br)c1. The fourth-order valence-corrected chi connectivity index (χ4v) is 1.67. The van der Waals surface area contributed by atoms with Crippen LogP contribution in [0.4, 0.5) is 0 Å². The van der Waals surface area contributed by atoms with Crippen LogP contribution in [0.25, 0.3) is 11.4 Å². The second-order valence-electron chi connectivity index (χ2n) is 2.93. The Hall–Kier alpha value is -1.67. The maximum atomic E-state index is 8.64. The van der Waals surface area contributed by atoms with E-state index in [4.69, 9.17) is 5.26 Å². The molecule has 5 heteroatoms. The summed E-state index contributed by atoms with van der Waals surface area (Å²) in [5.41, 5.74) is 0.893. The summed E-state index contributed by atoms with van der Waals surface area (Å²) < 4.78 is 2.68. The van der Waals surface area contributed by atoms with Gasteiger partial charge < -0.3 is 4.57 Å². The highest BCUT2D eigenvalue weighted by Crippen LogP contribution is 2.19.